The zero-order valence-electron chi connectivity index (χ0n) is 11.4. The number of aromatic nitrogens is 3. The van der Waals surface area contributed by atoms with Gasteiger partial charge in [-0.1, -0.05) is 28.1 Å². The maximum Gasteiger partial charge on any atom is 0.256 e. The second-order valence-electron chi connectivity index (χ2n) is 4.29. The van der Waals surface area contributed by atoms with Gasteiger partial charge in [-0.3, -0.25) is 4.79 Å². The Hall–Kier alpha value is -2.21. The van der Waals surface area contributed by atoms with Gasteiger partial charge in [0.25, 0.3) is 5.91 Å². The summed E-state index contributed by atoms with van der Waals surface area (Å²) in [5, 5.41) is 4.10. The summed E-state index contributed by atoms with van der Waals surface area (Å²) < 4.78 is 2.43. The van der Waals surface area contributed by atoms with E-state index < -0.39 is 0 Å². The van der Waals surface area contributed by atoms with Crippen molar-refractivity contribution in [3.05, 3.63) is 66.2 Å². The molecule has 0 fully saturated rings. The first-order chi connectivity index (χ1) is 10.2. The first-order valence-electron chi connectivity index (χ1n) is 6.33. The van der Waals surface area contributed by atoms with Crippen molar-refractivity contribution >= 4 is 21.8 Å². The van der Waals surface area contributed by atoms with Crippen LogP contribution in [0, 0.1) is 0 Å². The Bertz CT molecular complexity index is 642. The normalized spacial score (nSPS) is 10.1. The molecule has 1 heterocycles. The highest BCUT2D eigenvalue weighted by atomic mass is 79.9. The summed E-state index contributed by atoms with van der Waals surface area (Å²) >= 11 is 3.41. The second-order valence-corrected chi connectivity index (χ2v) is 5.20. The summed E-state index contributed by atoms with van der Waals surface area (Å²) in [4.78, 5) is 18.3. The molecule has 0 aliphatic heterocycles. The Kier molecular flexibility index (Phi) is 5.05. The number of rotatable bonds is 6. The van der Waals surface area contributed by atoms with E-state index in [0.29, 0.717) is 24.3 Å². The molecule has 6 heteroatoms. The Morgan fingerprint density at radius 3 is 2.62 bits per heavy atom. The Balaban J connectivity index is 2.45. The SMILES string of the molecule is C=CCN(CC=C)C(=O)c1ccc(Br)cc1-n1cncn1. The van der Waals surface area contributed by atoms with Gasteiger partial charge in [0.1, 0.15) is 12.7 Å². The van der Waals surface area contributed by atoms with E-state index in [-0.39, 0.29) is 5.91 Å². The lowest BCUT2D eigenvalue weighted by Gasteiger charge is -2.21. The van der Waals surface area contributed by atoms with Gasteiger partial charge in [0.05, 0.1) is 11.3 Å². The van der Waals surface area contributed by atoms with E-state index in [1.165, 1.54) is 6.33 Å². The molecule has 1 aromatic carbocycles. The first kappa shape index (κ1) is 15.2. The van der Waals surface area contributed by atoms with Gasteiger partial charge in [-0.05, 0) is 18.2 Å². The van der Waals surface area contributed by atoms with Crippen LogP contribution in [0.15, 0.2) is 60.6 Å². The molecule has 1 amide bonds. The predicted octanol–water partition coefficient (Wildman–Crippen LogP) is 2.84. The topological polar surface area (TPSA) is 51.0 Å². The summed E-state index contributed by atoms with van der Waals surface area (Å²) in [5.74, 6) is -0.104. The standard InChI is InChI=1S/C15H15BrN4O/c1-3-7-19(8-4-2)15(21)13-6-5-12(16)9-14(13)20-11-17-10-18-20/h3-6,9-11H,1-2,7-8H2. The molecule has 0 atom stereocenters. The summed E-state index contributed by atoms with van der Waals surface area (Å²) in [6, 6.07) is 5.43. The van der Waals surface area contributed by atoms with Gasteiger partial charge in [-0.25, -0.2) is 9.67 Å². The van der Waals surface area contributed by atoms with Gasteiger partial charge in [0.2, 0.25) is 0 Å². The van der Waals surface area contributed by atoms with Crippen LogP contribution in [0.5, 0.6) is 0 Å². The van der Waals surface area contributed by atoms with E-state index in [4.69, 9.17) is 0 Å². The summed E-state index contributed by atoms with van der Waals surface area (Å²) in [7, 11) is 0. The molecule has 21 heavy (non-hydrogen) atoms. The van der Waals surface area contributed by atoms with Crippen LogP contribution >= 0.6 is 15.9 Å². The van der Waals surface area contributed by atoms with Crippen molar-refractivity contribution < 1.29 is 4.79 Å². The number of nitrogens with zero attached hydrogens (tertiary/aromatic N) is 4. The third-order valence-corrected chi connectivity index (χ3v) is 3.34. The van der Waals surface area contributed by atoms with Gasteiger partial charge in [0, 0.05) is 17.6 Å². The van der Waals surface area contributed by atoms with E-state index in [1.54, 1.807) is 34.1 Å². The monoisotopic (exact) mass is 346 g/mol. The molecule has 1 aromatic heterocycles. The Morgan fingerprint density at radius 2 is 2.05 bits per heavy atom. The first-order valence-corrected chi connectivity index (χ1v) is 7.12. The number of amides is 1. The van der Waals surface area contributed by atoms with E-state index >= 15 is 0 Å². The van der Waals surface area contributed by atoms with E-state index in [0.717, 1.165) is 4.47 Å². The molecular weight excluding hydrogens is 332 g/mol. The number of carbonyl (C=O) groups is 1. The lowest BCUT2D eigenvalue weighted by Crippen LogP contribution is -2.32. The minimum atomic E-state index is -0.104. The van der Waals surface area contributed by atoms with Crippen LogP contribution in [-0.4, -0.2) is 38.7 Å². The fraction of sp³-hybridized carbons (Fsp3) is 0.133. The molecule has 0 spiro atoms. The molecule has 0 unspecified atom stereocenters. The molecule has 0 bridgehead atoms. The predicted molar refractivity (Wildman–Crippen MR) is 85.4 cm³/mol. The maximum atomic E-state index is 12.7. The molecule has 2 rings (SSSR count). The molecule has 0 saturated heterocycles. The molecule has 0 saturated carbocycles. The van der Waals surface area contributed by atoms with Crippen LogP contribution in [-0.2, 0) is 0 Å². The summed E-state index contributed by atoms with van der Waals surface area (Å²) in [6.07, 6.45) is 6.37. The van der Waals surface area contributed by atoms with E-state index in [9.17, 15) is 4.79 Å². The molecule has 0 N–H and O–H groups in total. The molecule has 108 valence electrons. The lowest BCUT2D eigenvalue weighted by atomic mass is 10.1. The summed E-state index contributed by atoms with van der Waals surface area (Å²) in [6.45, 7) is 8.28. The molecule has 2 aromatic rings. The van der Waals surface area contributed by atoms with Crippen molar-refractivity contribution in [3.8, 4) is 5.69 Å². The maximum absolute atomic E-state index is 12.7. The fourth-order valence-electron chi connectivity index (χ4n) is 1.93. The highest BCUT2D eigenvalue weighted by Gasteiger charge is 2.18. The van der Waals surface area contributed by atoms with Gasteiger partial charge in [0.15, 0.2) is 0 Å². The van der Waals surface area contributed by atoms with Crippen LogP contribution in [0.3, 0.4) is 0 Å². The quantitative estimate of drug-likeness (QED) is 0.755. The highest BCUT2D eigenvalue weighted by Crippen LogP contribution is 2.21. The number of halogens is 1. The molecule has 0 radical (unpaired) electrons. The van der Waals surface area contributed by atoms with Crippen LogP contribution in [0.4, 0.5) is 0 Å². The minimum absolute atomic E-state index is 0.104. The van der Waals surface area contributed by atoms with Crippen molar-refractivity contribution in [1.29, 1.82) is 0 Å². The number of hydrogen-bond donors (Lipinski definition) is 0. The van der Waals surface area contributed by atoms with Gasteiger partial charge in [-0.2, -0.15) is 5.10 Å². The van der Waals surface area contributed by atoms with Crippen LogP contribution < -0.4 is 0 Å². The average molecular weight is 347 g/mol. The lowest BCUT2D eigenvalue weighted by molar-refractivity contribution is 0.0790. The van der Waals surface area contributed by atoms with Crippen molar-refractivity contribution in [2.75, 3.05) is 13.1 Å². The number of hydrogen-bond acceptors (Lipinski definition) is 3. The highest BCUT2D eigenvalue weighted by molar-refractivity contribution is 9.10. The molecule has 5 nitrogen and oxygen atoms in total. The van der Waals surface area contributed by atoms with Crippen molar-refractivity contribution in [3.63, 3.8) is 0 Å². The van der Waals surface area contributed by atoms with Gasteiger partial charge in [-0.15, -0.1) is 13.2 Å². The zero-order valence-corrected chi connectivity index (χ0v) is 13.0. The van der Waals surface area contributed by atoms with Gasteiger partial charge >= 0.3 is 0 Å². The smallest absolute Gasteiger partial charge is 0.256 e. The van der Waals surface area contributed by atoms with Crippen LogP contribution in [0.25, 0.3) is 5.69 Å². The Morgan fingerprint density at radius 1 is 1.33 bits per heavy atom. The van der Waals surface area contributed by atoms with E-state index in [1.807, 2.05) is 12.1 Å². The third-order valence-electron chi connectivity index (χ3n) is 2.84. The number of benzene rings is 1. The average Bonchev–Trinajstić information content (AvgIpc) is 3.00. The molecule has 0 aliphatic carbocycles. The van der Waals surface area contributed by atoms with Crippen molar-refractivity contribution in [1.82, 2.24) is 19.7 Å². The van der Waals surface area contributed by atoms with E-state index in [2.05, 4.69) is 39.2 Å². The van der Waals surface area contributed by atoms with Crippen LogP contribution in [0.2, 0.25) is 0 Å². The second kappa shape index (κ2) is 6.99. The largest absolute Gasteiger partial charge is 0.331 e. The van der Waals surface area contributed by atoms with Crippen molar-refractivity contribution in [2.24, 2.45) is 0 Å². The summed E-state index contributed by atoms with van der Waals surface area (Å²) in [5.41, 5.74) is 1.22. The zero-order chi connectivity index (χ0) is 15.2. The minimum Gasteiger partial charge on any atom is -0.331 e. The third kappa shape index (κ3) is 3.46. The van der Waals surface area contributed by atoms with Crippen molar-refractivity contribution in [2.45, 2.75) is 0 Å². The Labute approximate surface area is 131 Å². The van der Waals surface area contributed by atoms with Gasteiger partial charge < -0.3 is 4.90 Å². The number of carbonyl (C=O) groups excluding carboxylic acids is 1. The molecular formula is C15H15BrN4O. The molecule has 0 aliphatic rings. The fourth-order valence-corrected chi connectivity index (χ4v) is 2.28. The van der Waals surface area contributed by atoms with Crippen LogP contribution in [0.1, 0.15) is 10.4 Å².